The minimum Gasteiger partial charge on any atom is -0.301 e. The molecule has 2 aromatic rings. The standard InChI is InChI=1S/C17H24N4/c1-15-12-20(11-10-19(15)2)13-16-6-3-4-7-17(16)14-21-9-5-8-18-21/h3-9,15H,10-14H2,1-2H3. The van der Waals surface area contributed by atoms with Gasteiger partial charge in [0, 0.05) is 44.6 Å². The van der Waals surface area contributed by atoms with Crippen LogP contribution in [0.3, 0.4) is 0 Å². The van der Waals surface area contributed by atoms with Crippen LogP contribution in [0.25, 0.3) is 0 Å². The molecule has 0 aliphatic carbocycles. The number of hydrogen-bond acceptors (Lipinski definition) is 3. The Kier molecular flexibility index (Phi) is 4.36. The van der Waals surface area contributed by atoms with Crippen LogP contribution in [0.2, 0.25) is 0 Å². The molecule has 2 heterocycles. The van der Waals surface area contributed by atoms with Gasteiger partial charge < -0.3 is 4.90 Å². The van der Waals surface area contributed by atoms with Gasteiger partial charge in [0.05, 0.1) is 6.54 Å². The van der Waals surface area contributed by atoms with Crippen LogP contribution >= 0.6 is 0 Å². The maximum absolute atomic E-state index is 4.32. The smallest absolute Gasteiger partial charge is 0.0662 e. The molecule has 1 aromatic carbocycles. The summed E-state index contributed by atoms with van der Waals surface area (Å²) in [5.74, 6) is 0. The summed E-state index contributed by atoms with van der Waals surface area (Å²) >= 11 is 0. The average Bonchev–Trinajstić information content (AvgIpc) is 2.98. The van der Waals surface area contributed by atoms with Crippen molar-refractivity contribution in [1.29, 1.82) is 0 Å². The number of aromatic nitrogens is 2. The molecule has 0 amide bonds. The Bertz CT molecular complexity index is 564. The lowest BCUT2D eigenvalue weighted by Crippen LogP contribution is -2.49. The zero-order chi connectivity index (χ0) is 14.7. The molecule has 0 radical (unpaired) electrons. The first-order chi connectivity index (χ1) is 10.2. The van der Waals surface area contributed by atoms with E-state index in [1.807, 2.05) is 23.1 Å². The van der Waals surface area contributed by atoms with Gasteiger partial charge in [-0.25, -0.2) is 0 Å². The molecule has 1 unspecified atom stereocenters. The molecule has 0 saturated carbocycles. The van der Waals surface area contributed by atoms with E-state index in [0.29, 0.717) is 6.04 Å². The fourth-order valence-corrected chi connectivity index (χ4v) is 2.94. The number of rotatable bonds is 4. The third-order valence-corrected chi connectivity index (χ3v) is 4.45. The molecular formula is C17H24N4. The maximum atomic E-state index is 4.32. The van der Waals surface area contributed by atoms with Gasteiger partial charge in [-0.15, -0.1) is 0 Å². The molecule has 3 rings (SSSR count). The third kappa shape index (κ3) is 3.52. The number of likely N-dealkylation sites (N-methyl/N-ethyl adjacent to an activating group) is 1. The number of nitrogens with zero attached hydrogens (tertiary/aromatic N) is 4. The number of hydrogen-bond donors (Lipinski definition) is 0. The topological polar surface area (TPSA) is 24.3 Å². The third-order valence-electron chi connectivity index (χ3n) is 4.45. The van der Waals surface area contributed by atoms with E-state index in [1.54, 1.807) is 0 Å². The Balaban J connectivity index is 1.70. The molecule has 1 fully saturated rings. The fourth-order valence-electron chi connectivity index (χ4n) is 2.94. The van der Waals surface area contributed by atoms with Crippen LogP contribution in [-0.2, 0) is 13.1 Å². The number of piperazine rings is 1. The van der Waals surface area contributed by atoms with Crippen molar-refractivity contribution in [2.45, 2.75) is 26.1 Å². The summed E-state index contributed by atoms with van der Waals surface area (Å²) in [7, 11) is 2.22. The van der Waals surface area contributed by atoms with E-state index in [1.165, 1.54) is 11.1 Å². The van der Waals surface area contributed by atoms with E-state index < -0.39 is 0 Å². The minimum atomic E-state index is 0.636. The summed E-state index contributed by atoms with van der Waals surface area (Å²) in [4.78, 5) is 5.00. The van der Waals surface area contributed by atoms with E-state index in [4.69, 9.17) is 0 Å². The molecule has 21 heavy (non-hydrogen) atoms. The second kappa shape index (κ2) is 6.41. The highest BCUT2D eigenvalue weighted by Crippen LogP contribution is 2.16. The summed E-state index contributed by atoms with van der Waals surface area (Å²) in [5, 5.41) is 4.32. The normalized spacial score (nSPS) is 20.8. The lowest BCUT2D eigenvalue weighted by atomic mass is 10.1. The molecule has 4 nitrogen and oxygen atoms in total. The Morgan fingerprint density at radius 2 is 1.86 bits per heavy atom. The zero-order valence-electron chi connectivity index (χ0n) is 12.9. The van der Waals surface area contributed by atoms with Crippen LogP contribution in [0.5, 0.6) is 0 Å². The van der Waals surface area contributed by atoms with Gasteiger partial charge in [-0.1, -0.05) is 24.3 Å². The highest BCUT2D eigenvalue weighted by Gasteiger charge is 2.21. The molecule has 0 bridgehead atoms. The molecule has 4 heteroatoms. The predicted molar refractivity (Wildman–Crippen MR) is 85.1 cm³/mol. The van der Waals surface area contributed by atoms with Crippen LogP contribution in [0.15, 0.2) is 42.7 Å². The lowest BCUT2D eigenvalue weighted by molar-refractivity contribution is 0.0997. The highest BCUT2D eigenvalue weighted by molar-refractivity contribution is 5.27. The van der Waals surface area contributed by atoms with Gasteiger partial charge in [0.15, 0.2) is 0 Å². The number of benzene rings is 1. The quantitative estimate of drug-likeness (QED) is 0.859. The maximum Gasteiger partial charge on any atom is 0.0662 e. The van der Waals surface area contributed by atoms with Gasteiger partial charge in [0.1, 0.15) is 0 Å². The molecular weight excluding hydrogens is 260 g/mol. The Labute approximate surface area is 127 Å². The molecule has 1 aliphatic rings. The van der Waals surface area contributed by atoms with Crippen molar-refractivity contribution in [2.75, 3.05) is 26.7 Å². The van der Waals surface area contributed by atoms with Crippen molar-refractivity contribution in [1.82, 2.24) is 19.6 Å². The lowest BCUT2D eigenvalue weighted by Gasteiger charge is -2.38. The second-order valence-corrected chi connectivity index (χ2v) is 6.04. The van der Waals surface area contributed by atoms with Gasteiger partial charge >= 0.3 is 0 Å². The molecule has 0 N–H and O–H groups in total. The van der Waals surface area contributed by atoms with E-state index >= 15 is 0 Å². The first-order valence-corrected chi connectivity index (χ1v) is 7.69. The van der Waals surface area contributed by atoms with E-state index in [9.17, 15) is 0 Å². The van der Waals surface area contributed by atoms with Gasteiger partial charge in [-0.05, 0) is 31.2 Å². The Morgan fingerprint density at radius 1 is 1.10 bits per heavy atom. The molecule has 112 valence electrons. The van der Waals surface area contributed by atoms with E-state index in [2.05, 4.69) is 53.1 Å². The van der Waals surface area contributed by atoms with Crippen LogP contribution in [0.4, 0.5) is 0 Å². The van der Waals surface area contributed by atoms with Crippen molar-refractivity contribution in [2.24, 2.45) is 0 Å². The summed E-state index contributed by atoms with van der Waals surface area (Å²) in [6.07, 6.45) is 3.86. The van der Waals surface area contributed by atoms with Crippen LogP contribution < -0.4 is 0 Å². The van der Waals surface area contributed by atoms with Gasteiger partial charge in [0.25, 0.3) is 0 Å². The first kappa shape index (κ1) is 14.3. The van der Waals surface area contributed by atoms with Crippen LogP contribution in [0, 0.1) is 0 Å². The molecule has 1 atom stereocenters. The van der Waals surface area contributed by atoms with Crippen molar-refractivity contribution in [3.63, 3.8) is 0 Å². The molecule has 1 aliphatic heterocycles. The second-order valence-electron chi connectivity index (χ2n) is 6.04. The van der Waals surface area contributed by atoms with Crippen molar-refractivity contribution in [3.05, 3.63) is 53.9 Å². The monoisotopic (exact) mass is 284 g/mol. The van der Waals surface area contributed by atoms with Crippen LogP contribution in [-0.4, -0.2) is 52.3 Å². The zero-order valence-corrected chi connectivity index (χ0v) is 12.9. The summed E-state index contributed by atoms with van der Waals surface area (Å²) in [6.45, 7) is 7.65. The molecule has 1 saturated heterocycles. The van der Waals surface area contributed by atoms with E-state index in [-0.39, 0.29) is 0 Å². The highest BCUT2D eigenvalue weighted by atomic mass is 15.3. The van der Waals surface area contributed by atoms with Gasteiger partial charge in [-0.2, -0.15) is 5.10 Å². The molecule has 0 spiro atoms. The van der Waals surface area contributed by atoms with Crippen molar-refractivity contribution < 1.29 is 0 Å². The summed E-state index contributed by atoms with van der Waals surface area (Å²) in [5.41, 5.74) is 2.79. The van der Waals surface area contributed by atoms with Gasteiger partial charge in [-0.3, -0.25) is 9.58 Å². The van der Waals surface area contributed by atoms with Crippen molar-refractivity contribution >= 4 is 0 Å². The summed E-state index contributed by atoms with van der Waals surface area (Å²) < 4.78 is 1.99. The van der Waals surface area contributed by atoms with Crippen molar-refractivity contribution in [3.8, 4) is 0 Å². The fraction of sp³-hybridized carbons (Fsp3) is 0.471. The minimum absolute atomic E-state index is 0.636. The largest absolute Gasteiger partial charge is 0.301 e. The van der Waals surface area contributed by atoms with E-state index in [0.717, 1.165) is 32.7 Å². The van der Waals surface area contributed by atoms with Gasteiger partial charge in [0.2, 0.25) is 0 Å². The Hall–Kier alpha value is -1.65. The molecule has 1 aromatic heterocycles. The Morgan fingerprint density at radius 3 is 2.52 bits per heavy atom. The van der Waals surface area contributed by atoms with Crippen LogP contribution in [0.1, 0.15) is 18.1 Å². The predicted octanol–water partition coefficient (Wildman–Crippen LogP) is 2.07. The summed E-state index contributed by atoms with van der Waals surface area (Å²) in [6, 6.07) is 11.3. The average molecular weight is 284 g/mol. The SMILES string of the molecule is CC1CN(Cc2ccccc2Cn2cccn2)CCN1C. The first-order valence-electron chi connectivity index (χ1n) is 7.69.